The molecule has 1 aromatic rings. The summed E-state index contributed by atoms with van der Waals surface area (Å²) in [6, 6.07) is 0.133. The molecule has 0 aromatic carbocycles. The van der Waals surface area contributed by atoms with Crippen molar-refractivity contribution in [2.75, 3.05) is 25.4 Å². The second-order valence-electron chi connectivity index (χ2n) is 7.41. The topological polar surface area (TPSA) is 105 Å². The highest BCUT2D eigenvalue weighted by molar-refractivity contribution is 5.96. The zero-order valence-corrected chi connectivity index (χ0v) is 14.5. The monoisotopic (exact) mass is 335 g/mol. The van der Waals surface area contributed by atoms with Gasteiger partial charge in [-0.05, 0) is 40.0 Å². The first-order chi connectivity index (χ1) is 11.3. The minimum absolute atomic E-state index is 0.0452. The van der Waals surface area contributed by atoms with Crippen LogP contribution in [0.25, 0.3) is 0 Å². The first-order valence-corrected chi connectivity index (χ1v) is 8.38. The number of piperidine rings is 1. The number of hydrogen-bond acceptors (Lipinski definition) is 5. The third-order valence-corrected chi connectivity index (χ3v) is 4.53. The van der Waals surface area contributed by atoms with Crippen LogP contribution in [0.3, 0.4) is 0 Å². The maximum Gasteiger partial charge on any atom is 0.410 e. The lowest BCUT2D eigenvalue weighted by Crippen LogP contribution is -2.51. The summed E-state index contributed by atoms with van der Waals surface area (Å²) in [5.74, 6) is 0.369. The van der Waals surface area contributed by atoms with Crippen LogP contribution in [0.1, 0.15) is 49.7 Å². The van der Waals surface area contributed by atoms with E-state index in [1.807, 2.05) is 25.7 Å². The molecule has 0 atom stereocenters. The molecular weight excluding hydrogens is 310 g/mol. The number of fused-ring (bicyclic) bond motifs is 1. The van der Waals surface area contributed by atoms with E-state index in [0.717, 1.165) is 24.8 Å². The second-order valence-corrected chi connectivity index (χ2v) is 7.41. The van der Waals surface area contributed by atoms with Crippen molar-refractivity contribution in [1.29, 1.82) is 0 Å². The largest absolute Gasteiger partial charge is 0.444 e. The van der Waals surface area contributed by atoms with E-state index < -0.39 is 5.60 Å². The molecule has 8 nitrogen and oxygen atoms in total. The van der Waals surface area contributed by atoms with Crippen LogP contribution in [0, 0.1) is 0 Å². The Hall–Kier alpha value is -2.25. The Morgan fingerprint density at radius 2 is 1.96 bits per heavy atom. The van der Waals surface area contributed by atoms with Gasteiger partial charge in [-0.25, -0.2) is 4.79 Å². The van der Waals surface area contributed by atoms with Gasteiger partial charge in [0.1, 0.15) is 17.1 Å². The van der Waals surface area contributed by atoms with Gasteiger partial charge in [-0.2, -0.15) is 5.10 Å². The molecule has 0 aliphatic carbocycles. The molecule has 1 aromatic heterocycles. The van der Waals surface area contributed by atoms with Crippen LogP contribution in [0.4, 0.5) is 10.6 Å². The summed E-state index contributed by atoms with van der Waals surface area (Å²) in [4.78, 5) is 28.3. The van der Waals surface area contributed by atoms with Gasteiger partial charge in [0.05, 0.1) is 0 Å². The first kappa shape index (κ1) is 16.6. The van der Waals surface area contributed by atoms with Crippen LogP contribution in [-0.4, -0.2) is 63.3 Å². The smallest absolute Gasteiger partial charge is 0.410 e. The zero-order valence-electron chi connectivity index (χ0n) is 14.5. The Morgan fingerprint density at radius 3 is 2.58 bits per heavy atom. The van der Waals surface area contributed by atoms with Crippen molar-refractivity contribution in [2.24, 2.45) is 0 Å². The van der Waals surface area contributed by atoms with Gasteiger partial charge >= 0.3 is 6.09 Å². The fraction of sp³-hybridized carbons (Fsp3) is 0.688. The molecular formula is C16H25N5O3. The summed E-state index contributed by atoms with van der Waals surface area (Å²) in [6.07, 6.45) is 1.94. The standard InChI is InChI=1S/C16H25N5O3/c1-16(2,3)24-15(23)20-7-4-10(5-8-20)21-9-6-11-12(14(21)22)18-19-13(11)17/h10H,4-9H2,1-3H3,(H3,17,18,19). The van der Waals surface area contributed by atoms with Crippen LogP contribution in [0.15, 0.2) is 0 Å². The van der Waals surface area contributed by atoms with E-state index >= 15 is 0 Å². The number of ether oxygens (including phenoxy) is 1. The molecule has 2 aliphatic heterocycles. The van der Waals surface area contributed by atoms with Crippen LogP contribution in [0.5, 0.6) is 0 Å². The third kappa shape index (κ3) is 3.18. The maximum atomic E-state index is 12.6. The molecule has 3 heterocycles. The van der Waals surface area contributed by atoms with Crippen molar-refractivity contribution < 1.29 is 14.3 Å². The molecule has 2 aliphatic rings. The second kappa shape index (κ2) is 5.99. The lowest BCUT2D eigenvalue weighted by atomic mass is 9.98. The van der Waals surface area contributed by atoms with E-state index in [0.29, 0.717) is 31.1 Å². The SMILES string of the molecule is CC(C)(C)OC(=O)N1CCC(N2CCc3c(N)n[nH]c3C2=O)CC1. The van der Waals surface area contributed by atoms with E-state index in [1.54, 1.807) is 4.90 Å². The van der Waals surface area contributed by atoms with Crippen LogP contribution in [0.2, 0.25) is 0 Å². The number of aromatic nitrogens is 2. The minimum atomic E-state index is -0.492. The third-order valence-electron chi connectivity index (χ3n) is 4.53. The van der Waals surface area contributed by atoms with Crippen LogP contribution < -0.4 is 5.73 Å². The van der Waals surface area contributed by atoms with Gasteiger partial charge in [0.15, 0.2) is 0 Å². The molecule has 3 rings (SSSR count). The van der Waals surface area contributed by atoms with Gasteiger partial charge in [0, 0.05) is 31.2 Å². The molecule has 1 saturated heterocycles. The molecule has 3 N–H and O–H groups in total. The summed E-state index contributed by atoms with van der Waals surface area (Å²) in [6.45, 7) is 7.42. The number of anilines is 1. The molecule has 0 saturated carbocycles. The summed E-state index contributed by atoms with van der Waals surface area (Å²) in [5.41, 5.74) is 6.62. The molecule has 0 spiro atoms. The predicted molar refractivity (Wildman–Crippen MR) is 88.6 cm³/mol. The van der Waals surface area contributed by atoms with Gasteiger partial charge < -0.3 is 20.3 Å². The van der Waals surface area contributed by atoms with E-state index in [9.17, 15) is 9.59 Å². The highest BCUT2D eigenvalue weighted by Gasteiger charge is 2.35. The van der Waals surface area contributed by atoms with E-state index in [4.69, 9.17) is 10.5 Å². The average molecular weight is 335 g/mol. The predicted octanol–water partition coefficient (Wildman–Crippen LogP) is 1.39. The Kier molecular flexibility index (Phi) is 4.15. The molecule has 2 amide bonds. The number of carbonyl (C=O) groups excluding carboxylic acids is 2. The molecule has 1 fully saturated rings. The van der Waals surface area contributed by atoms with E-state index in [-0.39, 0.29) is 18.0 Å². The van der Waals surface area contributed by atoms with Gasteiger partial charge in [-0.15, -0.1) is 0 Å². The Morgan fingerprint density at radius 1 is 1.29 bits per heavy atom. The maximum absolute atomic E-state index is 12.6. The number of nitrogens with two attached hydrogens (primary N) is 1. The molecule has 0 radical (unpaired) electrons. The first-order valence-electron chi connectivity index (χ1n) is 8.38. The molecule has 132 valence electrons. The zero-order chi connectivity index (χ0) is 17.5. The van der Waals surface area contributed by atoms with Crippen molar-refractivity contribution in [1.82, 2.24) is 20.0 Å². The fourth-order valence-corrected chi connectivity index (χ4v) is 3.32. The normalized spacial score (nSPS) is 19.4. The summed E-state index contributed by atoms with van der Waals surface area (Å²) in [7, 11) is 0. The van der Waals surface area contributed by atoms with E-state index in [1.165, 1.54) is 0 Å². The Labute approximate surface area is 141 Å². The Balaban J connectivity index is 1.60. The number of amides is 2. The molecule has 24 heavy (non-hydrogen) atoms. The minimum Gasteiger partial charge on any atom is -0.444 e. The van der Waals surface area contributed by atoms with Gasteiger partial charge in [0.25, 0.3) is 5.91 Å². The van der Waals surface area contributed by atoms with Crippen molar-refractivity contribution in [3.8, 4) is 0 Å². The highest BCUT2D eigenvalue weighted by atomic mass is 16.6. The summed E-state index contributed by atoms with van der Waals surface area (Å²) < 4.78 is 5.41. The lowest BCUT2D eigenvalue weighted by molar-refractivity contribution is 0.0144. The average Bonchev–Trinajstić information content (AvgIpc) is 2.89. The number of likely N-dealkylation sites (tertiary alicyclic amines) is 1. The number of rotatable bonds is 1. The van der Waals surface area contributed by atoms with Gasteiger partial charge in [0.2, 0.25) is 0 Å². The van der Waals surface area contributed by atoms with Gasteiger partial charge in [-0.3, -0.25) is 9.89 Å². The number of aromatic amines is 1. The number of nitrogen functional groups attached to an aromatic ring is 1. The number of nitrogens with one attached hydrogen (secondary N) is 1. The number of H-pyrrole nitrogens is 1. The summed E-state index contributed by atoms with van der Waals surface area (Å²) >= 11 is 0. The van der Waals surface area contributed by atoms with E-state index in [2.05, 4.69) is 10.2 Å². The number of nitrogens with zero attached hydrogens (tertiary/aromatic N) is 3. The van der Waals surface area contributed by atoms with Crippen molar-refractivity contribution in [3.63, 3.8) is 0 Å². The quantitative estimate of drug-likeness (QED) is 0.807. The van der Waals surface area contributed by atoms with Crippen molar-refractivity contribution in [3.05, 3.63) is 11.3 Å². The molecule has 0 unspecified atom stereocenters. The number of carbonyl (C=O) groups is 2. The Bertz CT molecular complexity index is 641. The number of hydrogen-bond donors (Lipinski definition) is 2. The fourth-order valence-electron chi connectivity index (χ4n) is 3.32. The van der Waals surface area contributed by atoms with Crippen molar-refractivity contribution in [2.45, 2.75) is 51.7 Å². The van der Waals surface area contributed by atoms with Crippen LogP contribution in [-0.2, 0) is 11.2 Å². The molecule has 0 bridgehead atoms. The summed E-state index contributed by atoms with van der Waals surface area (Å²) in [5, 5.41) is 6.68. The molecule has 8 heteroatoms. The van der Waals surface area contributed by atoms with Crippen LogP contribution >= 0.6 is 0 Å². The lowest BCUT2D eigenvalue weighted by Gasteiger charge is -2.40. The highest BCUT2D eigenvalue weighted by Crippen LogP contribution is 2.26. The van der Waals surface area contributed by atoms with Gasteiger partial charge in [-0.1, -0.05) is 0 Å². The van der Waals surface area contributed by atoms with Crippen molar-refractivity contribution >= 4 is 17.8 Å².